The summed E-state index contributed by atoms with van der Waals surface area (Å²) in [6, 6.07) is 4.60. The minimum Gasteiger partial charge on any atom is -0.255 e. The van der Waals surface area contributed by atoms with E-state index in [-0.39, 0.29) is 14.9 Å². The van der Waals surface area contributed by atoms with Gasteiger partial charge in [0.15, 0.2) is 5.13 Å². The molecular formula is C14H14Cl2N2O2S2. The topological polar surface area (TPSA) is 59.1 Å². The van der Waals surface area contributed by atoms with Crippen molar-refractivity contribution in [1.82, 2.24) is 4.98 Å². The van der Waals surface area contributed by atoms with Crippen LogP contribution in [0.4, 0.5) is 5.13 Å². The molecule has 1 aromatic carbocycles. The number of aryl methyl sites for hydroxylation is 2. The summed E-state index contributed by atoms with van der Waals surface area (Å²) >= 11 is 13.4. The molecule has 0 bridgehead atoms. The predicted octanol–water partition coefficient (Wildman–Crippen LogP) is 4.52. The molecule has 0 aliphatic heterocycles. The molecule has 1 heterocycles. The molecule has 0 saturated carbocycles. The number of benzene rings is 1. The lowest BCUT2D eigenvalue weighted by atomic mass is 10.2. The number of nitrogens with one attached hydrogen (secondary N) is 1. The zero-order chi connectivity index (χ0) is 15.7. The van der Waals surface area contributed by atoms with Crippen molar-refractivity contribution >= 4 is 49.7 Å². The van der Waals surface area contributed by atoms with Crippen molar-refractivity contribution in [2.24, 2.45) is 0 Å². The van der Waals surface area contributed by atoms with E-state index in [1.54, 1.807) is 6.07 Å². The molecule has 0 fully saturated rings. The summed E-state index contributed by atoms with van der Waals surface area (Å²) in [5.41, 5.74) is 1.01. The van der Waals surface area contributed by atoms with Gasteiger partial charge in [-0.3, -0.25) is 4.72 Å². The quantitative estimate of drug-likeness (QED) is 0.800. The molecule has 3 rings (SSSR count). The summed E-state index contributed by atoms with van der Waals surface area (Å²) in [6.07, 6.45) is 5.28. The molecule has 118 valence electrons. The Morgan fingerprint density at radius 3 is 2.50 bits per heavy atom. The molecule has 0 spiro atoms. The molecule has 0 saturated heterocycles. The maximum atomic E-state index is 12.5. The van der Waals surface area contributed by atoms with Gasteiger partial charge in [-0.05, 0) is 37.8 Å². The summed E-state index contributed by atoms with van der Waals surface area (Å²) in [5.74, 6) is 0. The van der Waals surface area contributed by atoms with Crippen molar-refractivity contribution in [3.05, 3.63) is 38.8 Å². The first-order valence-corrected chi connectivity index (χ1v) is 9.98. The lowest BCUT2D eigenvalue weighted by Gasteiger charge is -2.08. The summed E-state index contributed by atoms with van der Waals surface area (Å²) < 4.78 is 27.5. The van der Waals surface area contributed by atoms with Gasteiger partial charge in [-0.25, -0.2) is 13.4 Å². The van der Waals surface area contributed by atoms with Crippen LogP contribution >= 0.6 is 34.5 Å². The number of nitrogens with zero attached hydrogens (tertiary/aromatic N) is 1. The van der Waals surface area contributed by atoms with Crippen LogP contribution in [-0.4, -0.2) is 13.4 Å². The van der Waals surface area contributed by atoms with Crippen molar-refractivity contribution in [3.8, 4) is 0 Å². The van der Waals surface area contributed by atoms with Crippen molar-refractivity contribution < 1.29 is 8.42 Å². The number of halogens is 2. The second-order valence-electron chi connectivity index (χ2n) is 5.11. The molecule has 8 heteroatoms. The standard InChI is InChI=1S/C14H14Cl2N2O2S2/c15-9-5-4-6-10(16)13(9)22(19,20)18-14-17-11-7-2-1-3-8-12(11)21-14/h4-6H,1-3,7-8H2,(H,17,18). The average molecular weight is 377 g/mol. The zero-order valence-electron chi connectivity index (χ0n) is 11.6. The number of sulfonamides is 1. The van der Waals surface area contributed by atoms with Crippen molar-refractivity contribution in [2.45, 2.75) is 37.0 Å². The molecule has 1 aliphatic carbocycles. The van der Waals surface area contributed by atoms with Crippen LogP contribution in [0.3, 0.4) is 0 Å². The number of aromatic nitrogens is 1. The van der Waals surface area contributed by atoms with E-state index < -0.39 is 10.0 Å². The van der Waals surface area contributed by atoms with Crippen molar-refractivity contribution in [3.63, 3.8) is 0 Å². The van der Waals surface area contributed by atoms with Gasteiger partial charge in [-0.15, -0.1) is 11.3 Å². The van der Waals surface area contributed by atoms with Gasteiger partial charge in [0, 0.05) is 4.88 Å². The summed E-state index contributed by atoms with van der Waals surface area (Å²) in [7, 11) is -3.85. The molecule has 0 amide bonds. The smallest absolute Gasteiger partial charge is 0.255 e. The average Bonchev–Trinajstić information content (AvgIpc) is 2.66. The fraction of sp³-hybridized carbons (Fsp3) is 0.357. The third kappa shape index (κ3) is 3.25. The minimum absolute atomic E-state index is 0.0955. The predicted molar refractivity (Wildman–Crippen MR) is 90.6 cm³/mol. The number of fused-ring (bicyclic) bond motifs is 1. The maximum absolute atomic E-state index is 12.5. The number of anilines is 1. The highest BCUT2D eigenvalue weighted by atomic mass is 35.5. The largest absolute Gasteiger partial charge is 0.266 e. The number of rotatable bonds is 3. The zero-order valence-corrected chi connectivity index (χ0v) is 14.7. The number of hydrogen-bond donors (Lipinski definition) is 1. The highest BCUT2D eigenvalue weighted by Crippen LogP contribution is 2.33. The Bertz CT molecular complexity index is 759. The monoisotopic (exact) mass is 376 g/mol. The first-order chi connectivity index (χ1) is 10.5. The van der Waals surface area contributed by atoms with Gasteiger partial charge in [0.05, 0.1) is 15.7 Å². The Balaban J connectivity index is 1.92. The van der Waals surface area contributed by atoms with Gasteiger partial charge < -0.3 is 0 Å². The molecule has 0 radical (unpaired) electrons. The Morgan fingerprint density at radius 1 is 1.09 bits per heavy atom. The maximum Gasteiger partial charge on any atom is 0.266 e. The first kappa shape index (κ1) is 16.1. The Kier molecular flexibility index (Phi) is 4.64. The molecule has 1 N–H and O–H groups in total. The summed E-state index contributed by atoms with van der Waals surface area (Å²) in [4.78, 5) is 5.48. The third-order valence-corrected chi connectivity index (χ3v) is 7.00. The number of hydrogen-bond acceptors (Lipinski definition) is 4. The Hall–Kier alpha value is -0.820. The lowest BCUT2D eigenvalue weighted by molar-refractivity contribution is 0.601. The highest BCUT2D eigenvalue weighted by molar-refractivity contribution is 7.93. The van der Waals surface area contributed by atoms with Gasteiger partial charge in [-0.1, -0.05) is 35.7 Å². The van der Waals surface area contributed by atoms with Crippen LogP contribution in [0.2, 0.25) is 10.0 Å². The molecule has 1 aliphatic rings. The van der Waals surface area contributed by atoms with Crippen molar-refractivity contribution in [2.75, 3.05) is 4.72 Å². The Labute approximate surface area is 143 Å². The molecule has 2 aromatic rings. The molecule has 4 nitrogen and oxygen atoms in total. The van der Waals surface area contributed by atoms with Crippen LogP contribution in [-0.2, 0) is 22.9 Å². The van der Waals surface area contributed by atoms with E-state index in [0.717, 1.165) is 31.4 Å². The van der Waals surface area contributed by atoms with Gasteiger partial charge >= 0.3 is 0 Å². The molecule has 0 atom stereocenters. The first-order valence-electron chi connectivity index (χ1n) is 6.93. The third-order valence-electron chi connectivity index (χ3n) is 3.51. The van der Waals surface area contributed by atoms with E-state index in [9.17, 15) is 8.42 Å². The van der Waals surface area contributed by atoms with E-state index in [2.05, 4.69) is 9.71 Å². The van der Waals surface area contributed by atoms with Gasteiger partial charge in [0.2, 0.25) is 0 Å². The van der Waals surface area contributed by atoms with Crippen LogP contribution in [0.25, 0.3) is 0 Å². The van der Waals surface area contributed by atoms with Crippen LogP contribution in [0.5, 0.6) is 0 Å². The molecule has 22 heavy (non-hydrogen) atoms. The molecule has 1 aromatic heterocycles. The van der Waals surface area contributed by atoms with Crippen LogP contribution < -0.4 is 4.72 Å². The number of thiazole rings is 1. The van der Waals surface area contributed by atoms with Gasteiger partial charge in [-0.2, -0.15) is 0 Å². The SMILES string of the molecule is O=S(=O)(Nc1nc2c(s1)CCCCC2)c1c(Cl)cccc1Cl. The normalized spacial score (nSPS) is 15.2. The van der Waals surface area contributed by atoms with E-state index in [1.807, 2.05) is 0 Å². The van der Waals surface area contributed by atoms with E-state index in [4.69, 9.17) is 23.2 Å². The summed E-state index contributed by atoms with van der Waals surface area (Å²) in [5, 5.41) is 0.569. The second kappa shape index (κ2) is 6.35. The minimum atomic E-state index is -3.85. The van der Waals surface area contributed by atoms with E-state index in [0.29, 0.717) is 5.13 Å². The molecule has 0 unspecified atom stereocenters. The fourth-order valence-corrected chi connectivity index (χ4v) is 5.91. The van der Waals surface area contributed by atoms with Crippen molar-refractivity contribution in [1.29, 1.82) is 0 Å². The summed E-state index contributed by atoms with van der Waals surface area (Å²) in [6.45, 7) is 0. The highest BCUT2D eigenvalue weighted by Gasteiger charge is 2.24. The van der Waals surface area contributed by atoms with Gasteiger partial charge in [0.1, 0.15) is 4.90 Å². The second-order valence-corrected chi connectivity index (χ2v) is 8.62. The van der Waals surface area contributed by atoms with Gasteiger partial charge in [0.25, 0.3) is 10.0 Å². The lowest BCUT2D eigenvalue weighted by Crippen LogP contribution is -2.14. The van der Waals surface area contributed by atoms with E-state index >= 15 is 0 Å². The van der Waals surface area contributed by atoms with E-state index in [1.165, 1.54) is 34.8 Å². The van der Waals surface area contributed by atoms with Crippen LogP contribution in [0.15, 0.2) is 23.1 Å². The Morgan fingerprint density at radius 2 is 1.77 bits per heavy atom. The molecular weight excluding hydrogens is 363 g/mol. The van der Waals surface area contributed by atoms with Crippen LogP contribution in [0.1, 0.15) is 29.8 Å². The fourth-order valence-electron chi connectivity index (χ4n) is 2.48. The van der Waals surface area contributed by atoms with Crippen LogP contribution in [0, 0.1) is 0 Å².